The molecule has 0 radical (unpaired) electrons. The maximum absolute atomic E-state index is 5.86. The molecule has 1 aromatic rings. The summed E-state index contributed by atoms with van der Waals surface area (Å²) in [7, 11) is 0. The van der Waals surface area contributed by atoms with E-state index in [4.69, 9.17) is 18.0 Å². The molecule has 0 aliphatic carbocycles. The average Bonchev–Trinajstić information content (AvgIpc) is 2.34. The van der Waals surface area contributed by atoms with E-state index in [1.165, 1.54) is 0 Å². The molecule has 0 aliphatic heterocycles. The molecular formula is C14H22N2S2. The minimum Gasteiger partial charge on any atom is -0.389 e. The van der Waals surface area contributed by atoms with Gasteiger partial charge in [-0.15, -0.1) is 11.8 Å². The number of nitrogens with two attached hydrogens (primary N) is 1. The van der Waals surface area contributed by atoms with Crippen molar-refractivity contribution in [1.29, 1.82) is 0 Å². The summed E-state index contributed by atoms with van der Waals surface area (Å²) in [6, 6.07) is 6.60. The molecule has 0 saturated heterocycles. The van der Waals surface area contributed by atoms with E-state index in [0.29, 0.717) is 16.9 Å². The molecule has 3 N–H and O–H groups in total. The number of thioether (sulfide) groups is 1. The van der Waals surface area contributed by atoms with Gasteiger partial charge in [0.05, 0.1) is 0 Å². The fourth-order valence-corrected chi connectivity index (χ4v) is 2.94. The Labute approximate surface area is 120 Å². The largest absolute Gasteiger partial charge is 0.389 e. The third kappa shape index (κ3) is 3.62. The van der Waals surface area contributed by atoms with Crippen LogP contribution in [0.3, 0.4) is 0 Å². The van der Waals surface area contributed by atoms with Crippen LogP contribution in [-0.4, -0.2) is 17.3 Å². The molecule has 0 heterocycles. The summed E-state index contributed by atoms with van der Waals surface area (Å²) in [6.45, 7) is 6.64. The normalized spacial score (nSPS) is 12.5. The molecule has 100 valence electrons. The van der Waals surface area contributed by atoms with Crippen LogP contribution < -0.4 is 11.1 Å². The first-order valence-corrected chi connectivity index (χ1v) is 7.87. The molecule has 4 heteroatoms. The summed E-state index contributed by atoms with van der Waals surface area (Å²) >= 11 is 6.86. The van der Waals surface area contributed by atoms with Crippen molar-refractivity contribution in [3.8, 4) is 0 Å². The van der Waals surface area contributed by atoms with E-state index >= 15 is 0 Å². The Morgan fingerprint density at radius 3 is 2.56 bits per heavy atom. The van der Waals surface area contributed by atoms with Gasteiger partial charge in [0.2, 0.25) is 0 Å². The van der Waals surface area contributed by atoms with Crippen molar-refractivity contribution in [2.24, 2.45) is 11.7 Å². The topological polar surface area (TPSA) is 38.0 Å². The van der Waals surface area contributed by atoms with Crippen LogP contribution in [0.1, 0.15) is 32.8 Å². The summed E-state index contributed by atoms with van der Waals surface area (Å²) in [5.74, 6) is 0.576. The quantitative estimate of drug-likeness (QED) is 0.613. The van der Waals surface area contributed by atoms with Gasteiger partial charge < -0.3 is 11.1 Å². The Hall–Kier alpha value is -0.740. The summed E-state index contributed by atoms with van der Waals surface area (Å²) < 4.78 is 0. The first kappa shape index (κ1) is 15.3. The molecule has 0 spiro atoms. The molecule has 0 amide bonds. The summed E-state index contributed by atoms with van der Waals surface area (Å²) in [5.41, 5.74) is 7.88. The minimum atomic E-state index is 0.440. The molecule has 18 heavy (non-hydrogen) atoms. The SMILES string of the molecule is CCC(Nc1cccc(SC)c1C(N)=S)C(C)C. The molecule has 1 atom stereocenters. The minimum absolute atomic E-state index is 0.440. The Bertz CT molecular complexity index is 416. The Kier molecular flexibility index (Phi) is 5.96. The standard InChI is InChI=1S/C14H22N2S2/c1-5-10(9(2)3)16-11-7-6-8-12(18-4)13(11)14(15)17/h6-10,16H,5H2,1-4H3,(H2,15,17). The lowest BCUT2D eigenvalue weighted by Crippen LogP contribution is -2.26. The zero-order valence-corrected chi connectivity index (χ0v) is 13.1. The molecule has 2 nitrogen and oxygen atoms in total. The van der Waals surface area contributed by atoms with Crippen LogP contribution in [0.4, 0.5) is 5.69 Å². The van der Waals surface area contributed by atoms with Crippen molar-refractivity contribution in [1.82, 2.24) is 0 Å². The van der Waals surface area contributed by atoms with Crippen LogP contribution in [0.5, 0.6) is 0 Å². The molecule has 0 aromatic heterocycles. The third-order valence-corrected chi connectivity index (χ3v) is 4.06. The van der Waals surface area contributed by atoms with Crippen LogP contribution in [0.2, 0.25) is 0 Å². The van der Waals surface area contributed by atoms with E-state index in [-0.39, 0.29) is 0 Å². The fraction of sp³-hybridized carbons (Fsp3) is 0.500. The first-order chi connectivity index (χ1) is 8.51. The van der Waals surface area contributed by atoms with Gasteiger partial charge in [-0.2, -0.15) is 0 Å². The highest BCUT2D eigenvalue weighted by molar-refractivity contribution is 7.98. The summed E-state index contributed by atoms with van der Waals surface area (Å²) in [6.07, 6.45) is 3.12. The number of nitrogens with one attached hydrogen (secondary N) is 1. The predicted molar refractivity (Wildman–Crippen MR) is 86.7 cm³/mol. The highest BCUT2D eigenvalue weighted by atomic mass is 32.2. The van der Waals surface area contributed by atoms with Crippen molar-refractivity contribution in [3.63, 3.8) is 0 Å². The lowest BCUT2D eigenvalue weighted by atomic mass is 10.0. The smallest absolute Gasteiger partial charge is 0.107 e. The van der Waals surface area contributed by atoms with E-state index < -0.39 is 0 Å². The first-order valence-electron chi connectivity index (χ1n) is 6.24. The van der Waals surface area contributed by atoms with Gasteiger partial charge in [0.25, 0.3) is 0 Å². The van der Waals surface area contributed by atoms with Crippen LogP contribution in [0.25, 0.3) is 0 Å². The number of benzene rings is 1. The van der Waals surface area contributed by atoms with Gasteiger partial charge in [-0.3, -0.25) is 0 Å². The van der Waals surface area contributed by atoms with Gasteiger partial charge in [-0.1, -0.05) is 39.1 Å². The van der Waals surface area contributed by atoms with Crippen molar-refractivity contribution in [2.75, 3.05) is 11.6 Å². The molecule has 1 rings (SSSR count). The van der Waals surface area contributed by atoms with Gasteiger partial charge in [-0.05, 0) is 30.7 Å². The van der Waals surface area contributed by atoms with E-state index in [9.17, 15) is 0 Å². The van der Waals surface area contributed by atoms with E-state index in [1.54, 1.807) is 11.8 Å². The van der Waals surface area contributed by atoms with Crippen molar-refractivity contribution < 1.29 is 0 Å². The molecule has 1 aromatic carbocycles. The van der Waals surface area contributed by atoms with E-state index in [2.05, 4.69) is 38.2 Å². The molecule has 0 aliphatic rings. The second-order valence-corrected chi connectivity index (χ2v) is 5.94. The average molecular weight is 282 g/mol. The molecule has 0 bridgehead atoms. The van der Waals surface area contributed by atoms with Gasteiger partial charge in [0, 0.05) is 22.2 Å². The number of rotatable bonds is 6. The summed E-state index contributed by atoms with van der Waals surface area (Å²) in [5, 5.41) is 3.57. The second-order valence-electron chi connectivity index (χ2n) is 4.65. The molecule has 0 saturated carbocycles. The predicted octanol–water partition coefficient (Wildman–Crippen LogP) is 3.89. The third-order valence-electron chi connectivity index (χ3n) is 3.08. The lowest BCUT2D eigenvalue weighted by Gasteiger charge is -2.24. The Balaban J connectivity index is 3.12. The van der Waals surface area contributed by atoms with Crippen LogP contribution >= 0.6 is 24.0 Å². The Morgan fingerprint density at radius 1 is 1.44 bits per heavy atom. The van der Waals surface area contributed by atoms with Gasteiger partial charge in [0.15, 0.2) is 0 Å². The van der Waals surface area contributed by atoms with Crippen LogP contribution in [0.15, 0.2) is 23.1 Å². The highest BCUT2D eigenvalue weighted by Crippen LogP contribution is 2.28. The van der Waals surface area contributed by atoms with Crippen molar-refractivity contribution in [3.05, 3.63) is 23.8 Å². The second kappa shape index (κ2) is 7.00. The summed E-state index contributed by atoms with van der Waals surface area (Å²) in [4.78, 5) is 1.59. The zero-order valence-electron chi connectivity index (χ0n) is 11.5. The fourth-order valence-electron chi connectivity index (χ4n) is 2.02. The highest BCUT2D eigenvalue weighted by Gasteiger charge is 2.15. The molecular weight excluding hydrogens is 260 g/mol. The Morgan fingerprint density at radius 2 is 2.11 bits per heavy atom. The monoisotopic (exact) mass is 282 g/mol. The number of hydrogen-bond acceptors (Lipinski definition) is 3. The number of anilines is 1. The van der Waals surface area contributed by atoms with E-state index in [1.807, 2.05) is 12.3 Å². The lowest BCUT2D eigenvalue weighted by molar-refractivity contribution is 0.511. The number of hydrogen-bond donors (Lipinski definition) is 2. The van der Waals surface area contributed by atoms with E-state index in [0.717, 1.165) is 22.6 Å². The van der Waals surface area contributed by atoms with Gasteiger partial charge in [0.1, 0.15) is 4.99 Å². The maximum Gasteiger partial charge on any atom is 0.107 e. The van der Waals surface area contributed by atoms with Crippen molar-refractivity contribution in [2.45, 2.75) is 38.1 Å². The molecule has 0 fully saturated rings. The zero-order chi connectivity index (χ0) is 13.7. The van der Waals surface area contributed by atoms with Crippen LogP contribution in [-0.2, 0) is 0 Å². The molecule has 1 unspecified atom stereocenters. The van der Waals surface area contributed by atoms with Gasteiger partial charge in [-0.25, -0.2) is 0 Å². The number of thiocarbonyl (C=S) groups is 1. The van der Waals surface area contributed by atoms with Crippen molar-refractivity contribution >= 4 is 34.7 Å². The maximum atomic E-state index is 5.86. The van der Waals surface area contributed by atoms with Gasteiger partial charge >= 0.3 is 0 Å². The van der Waals surface area contributed by atoms with Crippen LogP contribution in [0, 0.1) is 5.92 Å².